The number of para-hydroxylation sites is 2. The van der Waals surface area contributed by atoms with E-state index in [1.54, 1.807) is 7.11 Å². The van der Waals surface area contributed by atoms with Crippen molar-refractivity contribution in [3.8, 4) is 5.75 Å². The van der Waals surface area contributed by atoms with Gasteiger partial charge in [0, 0.05) is 0 Å². The van der Waals surface area contributed by atoms with E-state index in [4.69, 9.17) is 10.5 Å². The van der Waals surface area contributed by atoms with Gasteiger partial charge in [-0.3, -0.25) is 0 Å². The summed E-state index contributed by atoms with van der Waals surface area (Å²) in [5, 5.41) is 3.38. The van der Waals surface area contributed by atoms with Crippen molar-refractivity contribution in [1.29, 1.82) is 0 Å². The van der Waals surface area contributed by atoms with E-state index < -0.39 is 0 Å². The van der Waals surface area contributed by atoms with Crippen LogP contribution < -0.4 is 15.8 Å². The molecular formula is C16H20N2O. The molecule has 0 fully saturated rings. The Balaban J connectivity index is 2.51. The molecule has 0 aliphatic heterocycles. The molecule has 0 spiro atoms. The molecule has 0 unspecified atom stereocenters. The highest BCUT2D eigenvalue weighted by atomic mass is 16.5. The lowest BCUT2D eigenvalue weighted by atomic mass is 10.0. The summed E-state index contributed by atoms with van der Waals surface area (Å²) in [7, 11) is 1.70. The molecule has 0 radical (unpaired) electrons. The summed E-state index contributed by atoms with van der Waals surface area (Å²) in [6.45, 7) is 6.22. The third-order valence-corrected chi connectivity index (χ3v) is 3.41. The number of rotatable bonds is 3. The minimum atomic E-state index is 0.724. The summed E-state index contributed by atoms with van der Waals surface area (Å²) in [4.78, 5) is 0. The Hall–Kier alpha value is -2.16. The van der Waals surface area contributed by atoms with Crippen molar-refractivity contribution in [2.45, 2.75) is 20.8 Å². The van der Waals surface area contributed by atoms with Crippen LogP contribution in [0.5, 0.6) is 5.75 Å². The van der Waals surface area contributed by atoms with Crippen molar-refractivity contribution < 1.29 is 4.74 Å². The van der Waals surface area contributed by atoms with Gasteiger partial charge < -0.3 is 15.8 Å². The van der Waals surface area contributed by atoms with Gasteiger partial charge in [0.2, 0.25) is 0 Å². The standard InChI is InChI=1S/C16H20N2O/c1-10-9-11(2)15(16(19-4)12(10)3)18-14-8-6-5-7-13(14)17/h5-9,18H,17H2,1-4H3. The first-order valence-electron chi connectivity index (χ1n) is 6.31. The van der Waals surface area contributed by atoms with Gasteiger partial charge in [0.05, 0.1) is 24.2 Å². The average molecular weight is 256 g/mol. The van der Waals surface area contributed by atoms with Crippen molar-refractivity contribution in [3.63, 3.8) is 0 Å². The zero-order chi connectivity index (χ0) is 14.0. The predicted molar refractivity (Wildman–Crippen MR) is 81.3 cm³/mol. The molecule has 0 heterocycles. The van der Waals surface area contributed by atoms with Crippen molar-refractivity contribution in [2.24, 2.45) is 0 Å². The van der Waals surface area contributed by atoms with E-state index in [1.807, 2.05) is 24.3 Å². The Kier molecular flexibility index (Phi) is 3.65. The summed E-state index contributed by atoms with van der Waals surface area (Å²) >= 11 is 0. The molecule has 0 amide bonds. The Morgan fingerprint density at radius 3 is 2.37 bits per heavy atom. The number of nitrogen functional groups attached to an aromatic ring is 1. The molecule has 0 atom stereocenters. The smallest absolute Gasteiger partial charge is 0.145 e. The van der Waals surface area contributed by atoms with E-state index in [2.05, 4.69) is 32.2 Å². The van der Waals surface area contributed by atoms with E-state index in [1.165, 1.54) is 5.56 Å². The van der Waals surface area contributed by atoms with Crippen molar-refractivity contribution in [3.05, 3.63) is 47.0 Å². The fourth-order valence-electron chi connectivity index (χ4n) is 2.21. The van der Waals surface area contributed by atoms with Crippen LogP contribution in [0, 0.1) is 20.8 Å². The molecule has 0 bridgehead atoms. The first-order valence-corrected chi connectivity index (χ1v) is 6.31. The number of nitrogens with two attached hydrogens (primary N) is 1. The van der Waals surface area contributed by atoms with Crippen LogP contribution in [0.25, 0.3) is 0 Å². The molecule has 3 heteroatoms. The molecule has 100 valence electrons. The molecule has 2 aromatic rings. The van der Waals surface area contributed by atoms with E-state index in [-0.39, 0.29) is 0 Å². The first kappa shape index (κ1) is 13.3. The summed E-state index contributed by atoms with van der Waals surface area (Å²) in [5.74, 6) is 0.876. The zero-order valence-corrected chi connectivity index (χ0v) is 11.9. The SMILES string of the molecule is COc1c(C)c(C)cc(C)c1Nc1ccccc1N. The van der Waals surface area contributed by atoms with Crippen LogP contribution in [-0.2, 0) is 0 Å². The molecule has 0 aliphatic rings. The highest BCUT2D eigenvalue weighted by Gasteiger charge is 2.13. The second kappa shape index (κ2) is 5.22. The number of methoxy groups -OCH3 is 1. The van der Waals surface area contributed by atoms with Crippen LogP contribution in [0.15, 0.2) is 30.3 Å². The second-order valence-corrected chi connectivity index (χ2v) is 4.76. The van der Waals surface area contributed by atoms with Crippen molar-refractivity contribution >= 4 is 17.1 Å². The highest BCUT2D eigenvalue weighted by Crippen LogP contribution is 2.37. The maximum Gasteiger partial charge on any atom is 0.145 e. The number of hydrogen-bond acceptors (Lipinski definition) is 3. The van der Waals surface area contributed by atoms with Crippen LogP contribution in [0.3, 0.4) is 0 Å². The van der Waals surface area contributed by atoms with Gasteiger partial charge in [-0.25, -0.2) is 0 Å². The number of nitrogens with one attached hydrogen (secondary N) is 1. The van der Waals surface area contributed by atoms with Gasteiger partial charge in [0.15, 0.2) is 0 Å². The third kappa shape index (κ3) is 2.50. The molecule has 0 aromatic heterocycles. The fourth-order valence-corrected chi connectivity index (χ4v) is 2.21. The fraction of sp³-hybridized carbons (Fsp3) is 0.250. The van der Waals surface area contributed by atoms with Crippen LogP contribution in [0.1, 0.15) is 16.7 Å². The molecular weight excluding hydrogens is 236 g/mol. The number of ether oxygens (including phenoxy) is 1. The van der Waals surface area contributed by atoms with Crippen molar-refractivity contribution in [1.82, 2.24) is 0 Å². The molecule has 0 aliphatic carbocycles. The van der Waals surface area contributed by atoms with Crippen LogP contribution in [0.4, 0.5) is 17.1 Å². The lowest BCUT2D eigenvalue weighted by Crippen LogP contribution is -2.02. The zero-order valence-electron chi connectivity index (χ0n) is 11.9. The van der Waals surface area contributed by atoms with Crippen LogP contribution >= 0.6 is 0 Å². The Morgan fingerprint density at radius 1 is 1.05 bits per heavy atom. The molecule has 19 heavy (non-hydrogen) atoms. The van der Waals surface area contributed by atoms with E-state index in [0.717, 1.165) is 33.9 Å². The lowest BCUT2D eigenvalue weighted by Gasteiger charge is -2.18. The summed E-state index contributed by atoms with van der Waals surface area (Å²) < 4.78 is 5.55. The van der Waals surface area contributed by atoms with Gasteiger partial charge in [-0.2, -0.15) is 0 Å². The third-order valence-electron chi connectivity index (χ3n) is 3.41. The van der Waals surface area contributed by atoms with Gasteiger partial charge in [-0.05, 0) is 49.6 Å². The van der Waals surface area contributed by atoms with Crippen LogP contribution in [-0.4, -0.2) is 7.11 Å². The monoisotopic (exact) mass is 256 g/mol. The van der Waals surface area contributed by atoms with Crippen LogP contribution in [0.2, 0.25) is 0 Å². The quantitative estimate of drug-likeness (QED) is 0.817. The van der Waals surface area contributed by atoms with Gasteiger partial charge in [0.1, 0.15) is 5.75 Å². The molecule has 0 saturated carbocycles. The first-order chi connectivity index (χ1) is 9.04. The second-order valence-electron chi connectivity index (χ2n) is 4.76. The molecule has 2 aromatic carbocycles. The highest BCUT2D eigenvalue weighted by molar-refractivity contribution is 5.78. The lowest BCUT2D eigenvalue weighted by molar-refractivity contribution is 0.413. The Bertz CT molecular complexity index is 606. The number of benzene rings is 2. The molecule has 0 saturated heterocycles. The minimum absolute atomic E-state index is 0.724. The number of anilines is 3. The maximum absolute atomic E-state index is 5.97. The van der Waals surface area contributed by atoms with Gasteiger partial charge >= 0.3 is 0 Å². The summed E-state index contributed by atoms with van der Waals surface area (Å²) in [6, 6.07) is 9.88. The largest absolute Gasteiger partial charge is 0.494 e. The minimum Gasteiger partial charge on any atom is -0.494 e. The van der Waals surface area contributed by atoms with Gasteiger partial charge in [-0.15, -0.1) is 0 Å². The summed E-state index contributed by atoms with van der Waals surface area (Å²) in [6.07, 6.45) is 0. The van der Waals surface area contributed by atoms with Gasteiger partial charge in [-0.1, -0.05) is 18.2 Å². The maximum atomic E-state index is 5.97. The predicted octanol–water partition coefficient (Wildman–Crippen LogP) is 3.95. The topological polar surface area (TPSA) is 47.3 Å². The molecule has 3 N–H and O–H groups in total. The normalized spacial score (nSPS) is 10.3. The van der Waals surface area contributed by atoms with Gasteiger partial charge in [0.25, 0.3) is 0 Å². The van der Waals surface area contributed by atoms with E-state index in [0.29, 0.717) is 0 Å². The number of hydrogen-bond donors (Lipinski definition) is 2. The molecule has 2 rings (SSSR count). The van der Waals surface area contributed by atoms with Crippen molar-refractivity contribution in [2.75, 3.05) is 18.2 Å². The summed E-state index contributed by atoms with van der Waals surface area (Å²) in [5.41, 5.74) is 12.1. The van der Waals surface area contributed by atoms with E-state index in [9.17, 15) is 0 Å². The Morgan fingerprint density at radius 2 is 1.74 bits per heavy atom. The Labute approximate surface area is 114 Å². The number of aryl methyl sites for hydroxylation is 2. The average Bonchev–Trinajstić information content (AvgIpc) is 2.38. The van der Waals surface area contributed by atoms with E-state index >= 15 is 0 Å². The molecule has 3 nitrogen and oxygen atoms in total.